The Bertz CT molecular complexity index is 1290. The van der Waals surface area contributed by atoms with Crippen molar-refractivity contribution in [3.05, 3.63) is 41.4 Å². The molecule has 0 saturated carbocycles. The summed E-state index contributed by atoms with van der Waals surface area (Å²) in [5.74, 6) is -0.267. The zero-order chi connectivity index (χ0) is 25.5. The number of nitrogens with zero attached hydrogens (tertiary/aromatic N) is 4. The van der Waals surface area contributed by atoms with Crippen molar-refractivity contribution < 1.29 is 37.0 Å². The number of nitrogens with two attached hydrogens (primary N) is 1. The minimum atomic E-state index is -4.65. The molecule has 186 valence electrons. The third-order valence-electron chi connectivity index (χ3n) is 5.81. The van der Waals surface area contributed by atoms with Gasteiger partial charge in [-0.25, -0.2) is 14.8 Å². The standard InChI is InChI=1S/C22H22F3N5O5/c1-11-10-29(7-8-30(11)21(32)33)20(31)18-15(9-26)35-19(28-18)13-3-5-14(34-2)17-12(13)4-6-16(27-17)22(23,24)25/h3-6,11H,7-10,26H2,1-2H3,(H,32,33)/t11-/m1/s1. The summed E-state index contributed by atoms with van der Waals surface area (Å²) in [6.45, 7) is 2.01. The van der Waals surface area contributed by atoms with E-state index in [-0.39, 0.29) is 60.2 Å². The van der Waals surface area contributed by atoms with Crippen molar-refractivity contribution in [2.75, 3.05) is 26.7 Å². The quantitative estimate of drug-likeness (QED) is 0.566. The summed E-state index contributed by atoms with van der Waals surface area (Å²) in [7, 11) is 1.32. The highest BCUT2D eigenvalue weighted by atomic mass is 19.4. The van der Waals surface area contributed by atoms with Gasteiger partial charge >= 0.3 is 12.3 Å². The maximum Gasteiger partial charge on any atom is 0.433 e. The van der Waals surface area contributed by atoms with Gasteiger partial charge in [0.15, 0.2) is 11.5 Å². The number of halogens is 3. The first kappa shape index (κ1) is 24.3. The van der Waals surface area contributed by atoms with Gasteiger partial charge in [-0.2, -0.15) is 13.2 Å². The van der Waals surface area contributed by atoms with E-state index < -0.39 is 29.9 Å². The molecule has 10 nitrogen and oxygen atoms in total. The van der Waals surface area contributed by atoms with Crippen molar-refractivity contribution in [3.8, 4) is 17.2 Å². The molecule has 13 heteroatoms. The monoisotopic (exact) mass is 493 g/mol. The number of pyridine rings is 1. The number of amides is 2. The van der Waals surface area contributed by atoms with Crippen LogP contribution in [0.25, 0.3) is 22.4 Å². The lowest BCUT2D eigenvalue weighted by Crippen LogP contribution is -2.55. The second kappa shape index (κ2) is 9.06. The lowest BCUT2D eigenvalue weighted by molar-refractivity contribution is -0.140. The van der Waals surface area contributed by atoms with E-state index in [2.05, 4.69) is 9.97 Å². The Morgan fingerprint density at radius 1 is 1.23 bits per heavy atom. The number of hydrogen-bond acceptors (Lipinski definition) is 7. The zero-order valence-electron chi connectivity index (χ0n) is 18.8. The van der Waals surface area contributed by atoms with E-state index in [0.29, 0.717) is 5.56 Å². The molecular formula is C22H22F3N5O5. The molecule has 0 radical (unpaired) electrons. The third-order valence-corrected chi connectivity index (χ3v) is 5.81. The minimum absolute atomic E-state index is 0.0137. The van der Waals surface area contributed by atoms with E-state index in [9.17, 15) is 27.9 Å². The normalized spacial score (nSPS) is 16.6. The lowest BCUT2D eigenvalue weighted by atomic mass is 10.1. The molecule has 1 saturated heterocycles. The molecule has 0 bridgehead atoms. The summed E-state index contributed by atoms with van der Waals surface area (Å²) in [4.78, 5) is 35.2. The highest BCUT2D eigenvalue weighted by molar-refractivity contribution is 5.98. The number of methoxy groups -OCH3 is 1. The molecule has 1 atom stereocenters. The number of fused-ring (bicyclic) bond motifs is 1. The van der Waals surface area contributed by atoms with Crippen LogP contribution in [0.5, 0.6) is 5.75 Å². The van der Waals surface area contributed by atoms with Gasteiger partial charge in [-0.15, -0.1) is 0 Å². The van der Waals surface area contributed by atoms with Crippen molar-refractivity contribution in [2.45, 2.75) is 25.7 Å². The molecule has 2 aromatic heterocycles. The highest BCUT2D eigenvalue weighted by Gasteiger charge is 2.34. The second-order valence-corrected chi connectivity index (χ2v) is 7.98. The Kier molecular flexibility index (Phi) is 6.28. The van der Waals surface area contributed by atoms with Crippen molar-refractivity contribution in [1.29, 1.82) is 0 Å². The second-order valence-electron chi connectivity index (χ2n) is 7.98. The number of alkyl halides is 3. The van der Waals surface area contributed by atoms with Crippen LogP contribution in [0.2, 0.25) is 0 Å². The van der Waals surface area contributed by atoms with Crippen LogP contribution in [0.15, 0.2) is 28.7 Å². The number of rotatable bonds is 4. The Hall–Kier alpha value is -3.87. The number of oxazole rings is 1. The van der Waals surface area contributed by atoms with Crippen LogP contribution in [0.1, 0.15) is 28.9 Å². The van der Waals surface area contributed by atoms with Gasteiger partial charge in [-0.05, 0) is 31.2 Å². The molecule has 35 heavy (non-hydrogen) atoms. The molecule has 1 aromatic carbocycles. The van der Waals surface area contributed by atoms with Crippen LogP contribution in [0.4, 0.5) is 18.0 Å². The number of benzene rings is 1. The van der Waals surface area contributed by atoms with Crippen LogP contribution in [0, 0.1) is 0 Å². The molecule has 2 amide bonds. The summed E-state index contributed by atoms with van der Waals surface area (Å²) in [6.07, 6.45) is -5.71. The largest absolute Gasteiger partial charge is 0.494 e. The average Bonchev–Trinajstić information content (AvgIpc) is 3.25. The van der Waals surface area contributed by atoms with E-state index in [0.717, 1.165) is 6.07 Å². The van der Waals surface area contributed by atoms with Crippen molar-refractivity contribution in [1.82, 2.24) is 19.8 Å². The van der Waals surface area contributed by atoms with Crippen LogP contribution in [0.3, 0.4) is 0 Å². The molecule has 3 aromatic rings. The summed E-state index contributed by atoms with van der Waals surface area (Å²) >= 11 is 0. The Labute approximate surface area is 197 Å². The van der Waals surface area contributed by atoms with Crippen molar-refractivity contribution in [3.63, 3.8) is 0 Å². The SMILES string of the molecule is COc1ccc(-c2nc(C(=O)N3CCN(C(=O)O)[C@H](C)C3)c(CN)o2)c2ccc(C(F)(F)F)nc12. The predicted molar refractivity (Wildman–Crippen MR) is 117 cm³/mol. The number of carbonyl (C=O) groups is 2. The van der Waals surface area contributed by atoms with Gasteiger partial charge in [0.05, 0.1) is 13.7 Å². The van der Waals surface area contributed by atoms with Gasteiger partial charge < -0.3 is 29.8 Å². The van der Waals surface area contributed by atoms with Gasteiger partial charge in [0.25, 0.3) is 5.91 Å². The average molecular weight is 493 g/mol. The Balaban J connectivity index is 1.73. The molecule has 3 heterocycles. The number of carbonyl (C=O) groups excluding carboxylic acids is 1. The molecule has 0 spiro atoms. The molecule has 3 N–H and O–H groups in total. The van der Waals surface area contributed by atoms with Gasteiger partial charge in [0.2, 0.25) is 5.89 Å². The highest BCUT2D eigenvalue weighted by Crippen LogP contribution is 2.37. The molecule has 1 aliphatic rings. The number of piperazine rings is 1. The smallest absolute Gasteiger partial charge is 0.433 e. The van der Waals surface area contributed by atoms with Gasteiger partial charge in [0.1, 0.15) is 17.0 Å². The fraction of sp³-hybridized carbons (Fsp3) is 0.364. The number of hydrogen-bond donors (Lipinski definition) is 2. The minimum Gasteiger partial charge on any atom is -0.494 e. The molecular weight excluding hydrogens is 471 g/mol. The van der Waals surface area contributed by atoms with E-state index in [1.54, 1.807) is 13.0 Å². The topological polar surface area (TPSA) is 135 Å². The first-order valence-corrected chi connectivity index (χ1v) is 10.6. The van der Waals surface area contributed by atoms with Gasteiger partial charge in [-0.1, -0.05) is 0 Å². The third kappa shape index (κ3) is 4.46. The lowest BCUT2D eigenvalue weighted by Gasteiger charge is -2.37. The van der Waals surface area contributed by atoms with Crippen molar-refractivity contribution >= 4 is 22.9 Å². The summed E-state index contributed by atoms with van der Waals surface area (Å²) in [5, 5.41) is 9.53. The van der Waals surface area contributed by atoms with E-state index in [1.807, 2.05) is 0 Å². The van der Waals surface area contributed by atoms with Crippen molar-refractivity contribution in [2.24, 2.45) is 5.73 Å². The number of ether oxygens (including phenoxy) is 1. The molecule has 1 aliphatic heterocycles. The Morgan fingerprint density at radius 2 is 1.97 bits per heavy atom. The van der Waals surface area contributed by atoms with Crippen LogP contribution >= 0.6 is 0 Å². The summed E-state index contributed by atoms with van der Waals surface area (Å²) in [6, 6.07) is 4.64. The van der Waals surface area contributed by atoms with Crippen LogP contribution in [-0.2, 0) is 12.7 Å². The molecule has 4 rings (SSSR count). The number of aromatic nitrogens is 2. The Morgan fingerprint density at radius 3 is 2.57 bits per heavy atom. The maximum atomic E-state index is 13.2. The number of carboxylic acid groups (broad SMARTS) is 1. The van der Waals surface area contributed by atoms with E-state index in [4.69, 9.17) is 14.9 Å². The maximum absolute atomic E-state index is 13.2. The predicted octanol–water partition coefficient (Wildman–Crippen LogP) is 3.20. The first-order chi connectivity index (χ1) is 16.5. The zero-order valence-corrected chi connectivity index (χ0v) is 18.8. The first-order valence-electron chi connectivity index (χ1n) is 10.6. The molecule has 1 fully saturated rings. The molecule has 0 unspecified atom stereocenters. The van der Waals surface area contributed by atoms with Gasteiger partial charge in [-0.3, -0.25) is 4.79 Å². The van der Waals surface area contributed by atoms with Crippen LogP contribution in [-0.4, -0.2) is 69.7 Å². The van der Waals surface area contributed by atoms with Crippen LogP contribution < -0.4 is 10.5 Å². The fourth-order valence-electron chi connectivity index (χ4n) is 4.05. The summed E-state index contributed by atoms with van der Waals surface area (Å²) < 4.78 is 50.6. The molecule has 0 aliphatic carbocycles. The fourth-order valence-corrected chi connectivity index (χ4v) is 4.05. The van der Waals surface area contributed by atoms with E-state index >= 15 is 0 Å². The van der Waals surface area contributed by atoms with E-state index in [1.165, 1.54) is 29.0 Å². The van der Waals surface area contributed by atoms with Gasteiger partial charge in [0, 0.05) is 36.6 Å². The summed E-state index contributed by atoms with van der Waals surface area (Å²) in [5.41, 5.74) is 4.92.